The molecule has 0 saturated heterocycles. The van der Waals surface area contributed by atoms with Gasteiger partial charge in [-0.3, -0.25) is 4.74 Å². The van der Waals surface area contributed by atoms with Crippen LogP contribution >= 0.6 is 0 Å². The molecule has 0 heterocycles. The van der Waals surface area contributed by atoms with Gasteiger partial charge in [0, 0.05) is 0 Å². The van der Waals surface area contributed by atoms with Crippen LogP contribution in [0.3, 0.4) is 0 Å². The van der Waals surface area contributed by atoms with Crippen molar-refractivity contribution in [1.82, 2.24) is 0 Å². The van der Waals surface area contributed by atoms with Crippen LogP contribution in [0.2, 0.25) is 0 Å². The molecular weight excluding hydrogens is 245 g/mol. The maximum atomic E-state index is 12.6. The maximum Gasteiger partial charge on any atom is 0.523 e. The predicted molar refractivity (Wildman–Crippen MR) is 38.6 cm³/mol. The Hall–Kier alpha value is -1.05. The largest absolute Gasteiger partial charge is 0.523 e. The Bertz CT molecular complexity index is 322. The first-order chi connectivity index (χ1) is 7.08. The minimum Gasteiger partial charge on any atom is -0.284 e. The molecule has 1 radical (unpaired) electrons. The summed E-state index contributed by atoms with van der Waals surface area (Å²) in [5.74, 6) is -1.43. The highest BCUT2D eigenvalue weighted by molar-refractivity contribution is 5.36. The summed E-state index contributed by atoms with van der Waals surface area (Å²) in [5, 5.41) is 0. The SMILES string of the molecule is FC1=CC(C(F)(F)F)=CC(OC(F)(F)F)[CH]1. The van der Waals surface area contributed by atoms with Crippen LogP contribution in [-0.2, 0) is 4.74 Å². The third-order valence-corrected chi connectivity index (χ3v) is 1.56. The molecule has 1 rings (SSSR count). The molecule has 0 saturated carbocycles. The number of alkyl halides is 6. The molecule has 0 N–H and O–H groups in total. The molecule has 0 fully saturated rings. The lowest BCUT2D eigenvalue weighted by molar-refractivity contribution is -0.332. The molecule has 16 heavy (non-hydrogen) atoms. The van der Waals surface area contributed by atoms with Crippen LogP contribution in [0.4, 0.5) is 30.7 Å². The van der Waals surface area contributed by atoms with E-state index in [1.807, 2.05) is 0 Å². The third kappa shape index (κ3) is 3.84. The first-order valence-corrected chi connectivity index (χ1v) is 3.83. The van der Waals surface area contributed by atoms with Gasteiger partial charge < -0.3 is 0 Å². The fourth-order valence-corrected chi connectivity index (χ4v) is 1.03. The van der Waals surface area contributed by atoms with Crippen LogP contribution in [0.1, 0.15) is 0 Å². The minimum atomic E-state index is -5.13. The molecule has 0 spiro atoms. The maximum absolute atomic E-state index is 12.6. The highest BCUT2D eigenvalue weighted by Crippen LogP contribution is 2.34. The zero-order valence-corrected chi connectivity index (χ0v) is 7.36. The molecule has 1 aliphatic carbocycles. The van der Waals surface area contributed by atoms with Gasteiger partial charge in [-0.2, -0.15) is 13.2 Å². The van der Waals surface area contributed by atoms with E-state index in [9.17, 15) is 30.7 Å². The second kappa shape index (κ2) is 4.08. The van der Waals surface area contributed by atoms with Crippen molar-refractivity contribution in [2.75, 3.05) is 0 Å². The molecule has 1 atom stereocenters. The summed E-state index contributed by atoms with van der Waals surface area (Å²) in [6.45, 7) is 0. The van der Waals surface area contributed by atoms with Crippen molar-refractivity contribution in [3.63, 3.8) is 0 Å². The minimum absolute atomic E-state index is 0.0935. The molecule has 91 valence electrons. The molecule has 0 bridgehead atoms. The molecule has 0 aromatic rings. The molecule has 0 aromatic heterocycles. The van der Waals surface area contributed by atoms with Gasteiger partial charge in [0.15, 0.2) is 0 Å². The molecule has 1 nitrogen and oxygen atoms in total. The monoisotopic (exact) mass is 249 g/mol. The number of rotatable bonds is 1. The number of ether oxygens (including phenoxy) is 1. The Morgan fingerprint density at radius 2 is 1.62 bits per heavy atom. The zero-order chi connectivity index (χ0) is 12.6. The van der Waals surface area contributed by atoms with Crippen molar-refractivity contribution >= 4 is 0 Å². The van der Waals surface area contributed by atoms with Crippen LogP contribution < -0.4 is 0 Å². The van der Waals surface area contributed by atoms with Gasteiger partial charge in [0.05, 0.1) is 18.1 Å². The van der Waals surface area contributed by atoms with Gasteiger partial charge >= 0.3 is 12.5 Å². The number of halogens is 7. The topological polar surface area (TPSA) is 9.23 Å². The van der Waals surface area contributed by atoms with Gasteiger partial charge in [-0.1, -0.05) is 0 Å². The fourth-order valence-electron chi connectivity index (χ4n) is 1.03. The summed E-state index contributed by atoms with van der Waals surface area (Å²) in [5.41, 5.74) is -1.51. The van der Waals surface area contributed by atoms with Crippen LogP contribution in [0.25, 0.3) is 0 Å². The molecule has 1 unspecified atom stereocenters. The summed E-state index contributed by atoms with van der Waals surface area (Å²) in [4.78, 5) is 0. The van der Waals surface area contributed by atoms with Crippen molar-refractivity contribution in [3.8, 4) is 0 Å². The van der Waals surface area contributed by atoms with E-state index in [1.54, 1.807) is 0 Å². The van der Waals surface area contributed by atoms with Crippen molar-refractivity contribution in [2.45, 2.75) is 18.6 Å². The Morgan fingerprint density at radius 1 is 1.06 bits per heavy atom. The van der Waals surface area contributed by atoms with E-state index in [4.69, 9.17) is 0 Å². The first-order valence-electron chi connectivity index (χ1n) is 3.83. The highest BCUT2D eigenvalue weighted by Gasteiger charge is 2.39. The first kappa shape index (κ1) is 13.0. The Labute approximate surface area is 85.2 Å². The van der Waals surface area contributed by atoms with Gasteiger partial charge in [0.1, 0.15) is 5.83 Å². The van der Waals surface area contributed by atoms with Gasteiger partial charge in [-0.25, -0.2) is 4.39 Å². The third-order valence-electron chi connectivity index (χ3n) is 1.56. The van der Waals surface area contributed by atoms with Crippen LogP contribution in [-0.4, -0.2) is 18.6 Å². The Kier molecular flexibility index (Phi) is 3.32. The van der Waals surface area contributed by atoms with E-state index >= 15 is 0 Å². The second-order valence-corrected chi connectivity index (χ2v) is 2.84. The smallest absolute Gasteiger partial charge is 0.284 e. The van der Waals surface area contributed by atoms with Gasteiger partial charge in [0.25, 0.3) is 0 Å². The van der Waals surface area contributed by atoms with Gasteiger partial charge in [-0.05, 0) is 12.2 Å². The van der Waals surface area contributed by atoms with E-state index in [2.05, 4.69) is 4.74 Å². The predicted octanol–water partition coefficient (Wildman–Crippen LogP) is 3.45. The van der Waals surface area contributed by atoms with Crippen LogP contribution in [0, 0.1) is 6.42 Å². The van der Waals surface area contributed by atoms with E-state index < -0.39 is 30.0 Å². The van der Waals surface area contributed by atoms with Crippen molar-refractivity contribution in [1.29, 1.82) is 0 Å². The average molecular weight is 249 g/mol. The lowest BCUT2D eigenvalue weighted by Gasteiger charge is -2.20. The van der Waals surface area contributed by atoms with Gasteiger partial charge in [0.2, 0.25) is 0 Å². The Balaban J connectivity index is 2.86. The number of allylic oxidation sites excluding steroid dienone is 2. The quantitative estimate of drug-likeness (QED) is 0.646. The zero-order valence-electron chi connectivity index (χ0n) is 7.36. The summed E-state index contributed by atoms with van der Waals surface area (Å²) in [6, 6.07) is 0. The van der Waals surface area contributed by atoms with E-state index in [1.165, 1.54) is 0 Å². The summed E-state index contributed by atoms with van der Waals surface area (Å²) >= 11 is 0. The molecule has 8 heteroatoms. The molecule has 0 aromatic carbocycles. The molecule has 1 aliphatic rings. The van der Waals surface area contributed by atoms with Crippen molar-refractivity contribution in [2.24, 2.45) is 0 Å². The van der Waals surface area contributed by atoms with Crippen molar-refractivity contribution in [3.05, 3.63) is 30.0 Å². The molecule has 0 amide bonds. The van der Waals surface area contributed by atoms with Crippen LogP contribution in [0.15, 0.2) is 23.6 Å². The van der Waals surface area contributed by atoms with E-state index in [0.29, 0.717) is 6.42 Å². The van der Waals surface area contributed by atoms with Gasteiger partial charge in [-0.15, -0.1) is 13.2 Å². The molecule has 0 aliphatic heterocycles. The second-order valence-electron chi connectivity index (χ2n) is 2.84. The average Bonchev–Trinajstić information content (AvgIpc) is 1.97. The standard InChI is InChI=1S/C8H4F7O/c9-5-1-4(7(10,11)12)2-6(3-5)16-8(13,14)15/h1-3,6H. The lowest BCUT2D eigenvalue weighted by atomic mass is 10.0. The lowest BCUT2D eigenvalue weighted by Crippen LogP contribution is -2.26. The summed E-state index contributed by atoms with van der Waals surface area (Å²) in [6.07, 6.45) is -11.6. The highest BCUT2D eigenvalue weighted by atomic mass is 19.4. The summed E-state index contributed by atoms with van der Waals surface area (Å²) in [7, 11) is 0. The van der Waals surface area contributed by atoms with Crippen LogP contribution in [0.5, 0.6) is 0 Å². The van der Waals surface area contributed by atoms with E-state index in [-0.39, 0.29) is 12.2 Å². The molecular formula is C8H4F7O. The fraction of sp³-hybridized carbons (Fsp3) is 0.375. The number of hydrogen-bond acceptors (Lipinski definition) is 1. The number of hydrogen-bond donors (Lipinski definition) is 0. The van der Waals surface area contributed by atoms with Crippen molar-refractivity contribution < 1.29 is 35.5 Å². The normalized spacial score (nSPS) is 22.8. The van der Waals surface area contributed by atoms with E-state index in [0.717, 1.165) is 0 Å². The summed E-state index contributed by atoms with van der Waals surface area (Å²) < 4.78 is 87.2. The Morgan fingerprint density at radius 3 is 2.06 bits per heavy atom.